The summed E-state index contributed by atoms with van der Waals surface area (Å²) in [4.78, 5) is 12.3. The summed E-state index contributed by atoms with van der Waals surface area (Å²) in [5.41, 5.74) is 0. The quantitative estimate of drug-likeness (QED) is 0.0688. The number of carbonyl (C=O) groups is 1. The first-order valence-corrected chi connectivity index (χ1v) is 16.8. The number of amides is 1. The fourth-order valence-corrected chi connectivity index (χ4v) is 5.25. The standard InChI is InChI=1S/C33H67NO4/c1-3-5-7-9-11-13-15-16-18-19-21-23-25-27-31(36)30(29-35)34-33(38)32(37)28-26-24-22-20-17-14-12-10-8-6-4-2/h30-32,35-37H,3-29H2,1-2H3,(H,34,38)/t30-,31+,32?/m0/s1. The number of rotatable bonds is 30. The van der Waals surface area contributed by atoms with Gasteiger partial charge in [0.05, 0.1) is 18.8 Å². The van der Waals surface area contributed by atoms with Crippen LogP contribution in [0.2, 0.25) is 0 Å². The van der Waals surface area contributed by atoms with Crippen LogP contribution in [0.4, 0.5) is 0 Å². The fraction of sp³-hybridized carbons (Fsp3) is 0.970. The normalized spacial score (nSPS) is 13.9. The van der Waals surface area contributed by atoms with Crippen LogP contribution in [0, 0.1) is 0 Å². The van der Waals surface area contributed by atoms with Crippen LogP contribution in [0.15, 0.2) is 0 Å². The Labute approximate surface area is 237 Å². The lowest BCUT2D eigenvalue weighted by Gasteiger charge is -2.23. The van der Waals surface area contributed by atoms with Crippen LogP contribution in [0.1, 0.15) is 181 Å². The van der Waals surface area contributed by atoms with Gasteiger partial charge in [0.2, 0.25) is 5.91 Å². The van der Waals surface area contributed by atoms with Crippen LogP contribution >= 0.6 is 0 Å². The predicted octanol–water partition coefficient (Wildman–Crippen LogP) is 8.37. The van der Waals surface area contributed by atoms with Gasteiger partial charge in [-0.1, -0.05) is 168 Å². The van der Waals surface area contributed by atoms with Crippen LogP contribution in [-0.2, 0) is 4.79 Å². The van der Waals surface area contributed by atoms with Crippen LogP contribution in [0.25, 0.3) is 0 Å². The lowest BCUT2D eigenvalue weighted by molar-refractivity contribution is -0.131. The molecule has 0 aliphatic heterocycles. The number of carbonyl (C=O) groups excluding carboxylic acids is 1. The Hall–Kier alpha value is -0.650. The summed E-state index contributed by atoms with van der Waals surface area (Å²) in [6.45, 7) is 4.20. The van der Waals surface area contributed by atoms with E-state index in [1.807, 2.05) is 0 Å². The van der Waals surface area contributed by atoms with Crippen molar-refractivity contribution >= 4 is 5.91 Å². The van der Waals surface area contributed by atoms with Crippen molar-refractivity contribution in [1.82, 2.24) is 5.32 Å². The van der Waals surface area contributed by atoms with E-state index in [2.05, 4.69) is 19.2 Å². The number of nitrogens with one attached hydrogen (secondary N) is 1. The Bertz CT molecular complexity index is 488. The largest absolute Gasteiger partial charge is 0.394 e. The third-order valence-corrected chi connectivity index (χ3v) is 7.98. The molecule has 0 spiro atoms. The number of aliphatic hydroxyl groups excluding tert-OH is 3. The van der Waals surface area contributed by atoms with E-state index in [0.29, 0.717) is 12.8 Å². The molecule has 0 saturated carbocycles. The molecule has 1 amide bonds. The first kappa shape index (κ1) is 37.4. The average Bonchev–Trinajstić information content (AvgIpc) is 2.92. The summed E-state index contributed by atoms with van der Waals surface area (Å²) in [6, 6.07) is -0.702. The Morgan fingerprint density at radius 2 is 0.842 bits per heavy atom. The van der Waals surface area contributed by atoms with Gasteiger partial charge in [-0.25, -0.2) is 0 Å². The zero-order valence-corrected chi connectivity index (χ0v) is 25.6. The van der Waals surface area contributed by atoms with Gasteiger partial charge in [-0.15, -0.1) is 0 Å². The van der Waals surface area contributed by atoms with Crippen molar-refractivity contribution in [2.75, 3.05) is 6.61 Å². The van der Waals surface area contributed by atoms with Crippen molar-refractivity contribution in [3.05, 3.63) is 0 Å². The molecule has 38 heavy (non-hydrogen) atoms. The third-order valence-electron chi connectivity index (χ3n) is 7.98. The highest BCUT2D eigenvalue weighted by Crippen LogP contribution is 2.15. The predicted molar refractivity (Wildman–Crippen MR) is 162 cm³/mol. The van der Waals surface area contributed by atoms with Crippen molar-refractivity contribution in [1.29, 1.82) is 0 Å². The topological polar surface area (TPSA) is 89.8 Å². The Kier molecular flexibility index (Phi) is 28.8. The molecule has 0 bridgehead atoms. The van der Waals surface area contributed by atoms with Crippen molar-refractivity contribution in [2.24, 2.45) is 0 Å². The second kappa shape index (κ2) is 29.3. The molecule has 0 aliphatic carbocycles. The molecule has 5 nitrogen and oxygen atoms in total. The first-order chi connectivity index (χ1) is 18.6. The van der Waals surface area contributed by atoms with Gasteiger partial charge in [0.15, 0.2) is 0 Å². The molecule has 0 aromatic carbocycles. The van der Waals surface area contributed by atoms with E-state index in [0.717, 1.165) is 32.1 Å². The zero-order chi connectivity index (χ0) is 28.1. The van der Waals surface area contributed by atoms with Crippen molar-refractivity contribution in [2.45, 2.75) is 199 Å². The molecule has 4 N–H and O–H groups in total. The maximum absolute atomic E-state index is 12.3. The number of aliphatic hydroxyl groups is 3. The smallest absolute Gasteiger partial charge is 0.249 e. The summed E-state index contributed by atoms with van der Waals surface area (Å²) in [5.74, 6) is -0.472. The van der Waals surface area contributed by atoms with Crippen molar-refractivity contribution in [3.8, 4) is 0 Å². The molecular formula is C33H67NO4. The fourth-order valence-electron chi connectivity index (χ4n) is 5.25. The average molecular weight is 542 g/mol. The maximum Gasteiger partial charge on any atom is 0.249 e. The van der Waals surface area contributed by atoms with Crippen molar-refractivity contribution < 1.29 is 20.1 Å². The van der Waals surface area contributed by atoms with Gasteiger partial charge < -0.3 is 20.6 Å². The first-order valence-electron chi connectivity index (χ1n) is 16.8. The third kappa shape index (κ3) is 24.4. The molecule has 3 atom stereocenters. The van der Waals surface area contributed by atoms with E-state index in [1.165, 1.54) is 122 Å². The van der Waals surface area contributed by atoms with E-state index >= 15 is 0 Å². The van der Waals surface area contributed by atoms with Gasteiger partial charge in [-0.05, 0) is 12.8 Å². The molecule has 228 valence electrons. The second-order valence-corrected chi connectivity index (χ2v) is 11.7. The lowest BCUT2D eigenvalue weighted by atomic mass is 10.0. The highest BCUT2D eigenvalue weighted by molar-refractivity contribution is 5.80. The minimum absolute atomic E-state index is 0.309. The Morgan fingerprint density at radius 3 is 1.18 bits per heavy atom. The Morgan fingerprint density at radius 1 is 0.526 bits per heavy atom. The zero-order valence-electron chi connectivity index (χ0n) is 25.6. The van der Waals surface area contributed by atoms with Gasteiger partial charge >= 0.3 is 0 Å². The van der Waals surface area contributed by atoms with Crippen LogP contribution in [0.5, 0.6) is 0 Å². The van der Waals surface area contributed by atoms with E-state index in [4.69, 9.17) is 0 Å². The van der Waals surface area contributed by atoms with Crippen LogP contribution < -0.4 is 5.32 Å². The molecule has 0 aromatic rings. The van der Waals surface area contributed by atoms with Crippen molar-refractivity contribution in [3.63, 3.8) is 0 Å². The lowest BCUT2D eigenvalue weighted by Crippen LogP contribution is -2.49. The van der Waals surface area contributed by atoms with Gasteiger partial charge in [-0.2, -0.15) is 0 Å². The highest BCUT2D eigenvalue weighted by atomic mass is 16.3. The van der Waals surface area contributed by atoms with Gasteiger partial charge in [0, 0.05) is 0 Å². The molecule has 0 fully saturated rings. The molecule has 0 rings (SSSR count). The van der Waals surface area contributed by atoms with E-state index in [1.54, 1.807) is 0 Å². The maximum atomic E-state index is 12.3. The highest BCUT2D eigenvalue weighted by Gasteiger charge is 2.23. The summed E-state index contributed by atoms with van der Waals surface area (Å²) in [6.07, 6.45) is 29.3. The van der Waals surface area contributed by atoms with E-state index in [9.17, 15) is 20.1 Å². The summed E-state index contributed by atoms with van der Waals surface area (Å²) in [5, 5.41) is 33.0. The van der Waals surface area contributed by atoms with Gasteiger partial charge in [-0.3, -0.25) is 4.79 Å². The van der Waals surface area contributed by atoms with E-state index in [-0.39, 0.29) is 6.61 Å². The summed E-state index contributed by atoms with van der Waals surface area (Å²) >= 11 is 0. The molecule has 5 heteroatoms. The molecule has 0 aromatic heterocycles. The monoisotopic (exact) mass is 542 g/mol. The molecule has 1 unspecified atom stereocenters. The van der Waals surface area contributed by atoms with Crippen LogP contribution in [-0.4, -0.2) is 46.1 Å². The number of hydrogen-bond acceptors (Lipinski definition) is 4. The van der Waals surface area contributed by atoms with Gasteiger partial charge in [0.25, 0.3) is 0 Å². The SMILES string of the molecule is CCCCCCCCCCCCCCC[C@@H](O)[C@H](CO)NC(=O)C(O)CCCCCCCCCCCCC. The minimum Gasteiger partial charge on any atom is -0.394 e. The van der Waals surface area contributed by atoms with Crippen LogP contribution in [0.3, 0.4) is 0 Å². The molecular weight excluding hydrogens is 474 g/mol. The molecule has 0 radical (unpaired) electrons. The molecule has 0 aliphatic rings. The summed E-state index contributed by atoms with van der Waals surface area (Å²) in [7, 11) is 0. The minimum atomic E-state index is -1.06. The second-order valence-electron chi connectivity index (χ2n) is 11.7. The van der Waals surface area contributed by atoms with E-state index < -0.39 is 24.2 Å². The van der Waals surface area contributed by atoms with Gasteiger partial charge in [0.1, 0.15) is 6.10 Å². The molecule has 0 heterocycles. The summed E-state index contributed by atoms with van der Waals surface area (Å²) < 4.78 is 0. The number of hydrogen-bond donors (Lipinski definition) is 4. The Balaban J connectivity index is 3.70. The number of unbranched alkanes of at least 4 members (excludes halogenated alkanes) is 22. The molecule has 0 saturated heterocycles.